The van der Waals surface area contributed by atoms with Crippen molar-refractivity contribution in [1.29, 1.82) is 0 Å². The van der Waals surface area contributed by atoms with Crippen LogP contribution in [-0.2, 0) is 94.4 Å². The molecule has 17 N–H and O–H groups in total. The Kier molecular flexibility index (Phi) is 34.5. The second-order valence-corrected chi connectivity index (χ2v) is 31.4. The summed E-state index contributed by atoms with van der Waals surface area (Å²) in [7, 11) is 0. The lowest BCUT2D eigenvalue weighted by atomic mass is 9.99. The second kappa shape index (κ2) is 45.4. The predicted octanol–water partition coefficient (Wildman–Crippen LogP) is 2.67. The maximum Gasteiger partial charge on any atom is 0.322 e. The summed E-state index contributed by atoms with van der Waals surface area (Å²) in [6.07, 6.45) is 5.90. The number of anilines is 2. The van der Waals surface area contributed by atoms with E-state index < -0.39 is 168 Å². The Hall–Kier alpha value is -13.1. The summed E-state index contributed by atoms with van der Waals surface area (Å²) in [5.41, 5.74) is 8.50. The average molecular weight is 1690 g/mol. The number of nitrogens with zero attached hydrogens (tertiary/aromatic N) is 3. The van der Waals surface area contributed by atoms with Gasteiger partial charge in [0.1, 0.15) is 66.5 Å². The molecular formula is C87H105ClN18O16. The minimum absolute atomic E-state index is 0.00297. The highest BCUT2D eigenvalue weighted by atomic mass is 35.5. The van der Waals surface area contributed by atoms with E-state index in [-0.39, 0.29) is 86.7 Å². The fourth-order valence-electron chi connectivity index (χ4n) is 13.9. The molecule has 2 aliphatic heterocycles. The summed E-state index contributed by atoms with van der Waals surface area (Å²) >= 11 is 6.28. The Balaban J connectivity index is 1.02. The number of hydrogen-bond donors (Lipinski definition) is 16. The van der Waals surface area contributed by atoms with Crippen molar-refractivity contribution in [3.05, 3.63) is 203 Å². The van der Waals surface area contributed by atoms with Crippen LogP contribution in [0.3, 0.4) is 0 Å². The number of urea groups is 1. The molecule has 2 aromatic heterocycles. The zero-order valence-corrected chi connectivity index (χ0v) is 69.3. The van der Waals surface area contributed by atoms with Crippen molar-refractivity contribution in [2.24, 2.45) is 11.7 Å². The molecule has 0 spiro atoms. The first-order chi connectivity index (χ1) is 58.3. The summed E-state index contributed by atoms with van der Waals surface area (Å²) in [5, 5.41) is 51.0. The number of carbonyl (C=O) groups excluding carboxylic acids is 15. The number of nitrogens with two attached hydrogens (primary N) is 1. The van der Waals surface area contributed by atoms with Gasteiger partial charge in [0.25, 0.3) is 5.91 Å². The molecule has 0 aliphatic carbocycles. The molecule has 5 aromatic carbocycles. The fourth-order valence-corrected chi connectivity index (χ4v) is 14.1. The number of aliphatic hydroxyl groups excluding tert-OH is 1. The highest BCUT2D eigenvalue weighted by Crippen LogP contribution is 2.24. The van der Waals surface area contributed by atoms with Crippen molar-refractivity contribution in [1.82, 2.24) is 78.7 Å². The van der Waals surface area contributed by atoms with Crippen LogP contribution in [0, 0.1) is 5.92 Å². The zero-order valence-electron chi connectivity index (χ0n) is 68.6. The largest absolute Gasteiger partial charge is 0.394 e. The number of imide groups is 1. The van der Waals surface area contributed by atoms with E-state index in [4.69, 9.17) is 17.3 Å². The van der Waals surface area contributed by atoms with Crippen LogP contribution in [0.2, 0.25) is 5.02 Å². The number of fused-ring (bicyclic) bond motifs is 1. The summed E-state index contributed by atoms with van der Waals surface area (Å²) in [5.74, 6) is -11.5. The quantitative estimate of drug-likeness (QED) is 0.0245. The number of unbranched alkanes of at least 4 members (excludes halogenated alkanes) is 1. The molecule has 122 heavy (non-hydrogen) atoms. The van der Waals surface area contributed by atoms with Gasteiger partial charge in [-0.25, -0.2) is 4.79 Å². The number of aromatic nitrogens is 2. The molecular weight excluding hydrogens is 1590 g/mol. The van der Waals surface area contributed by atoms with E-state index in [0.717, 1.165) is 10.8 Å². The number of benzene rings is 5. The number of pyridine rings is 2. The minimum atomic E-state index is -1.93. The molecule has 16 amide bonds. The Morgan fingerprint density at radius 1 is 0.525 bits per heavy atom. The van der Waals surface area contributed by atoms with Crippen LogP contribution < -0.4 is 80.2 Å². The van der Waals surface area contributed by atoms with Crippen LogP contribution in [0.15, 0.2) is 164 Å². The molecule has 7 aromatic rings. The smallest absolute Gasteiger partial charge is 0.322 e. The van der Waals surface area contributed by atoms with Gasteiger partial charge in [-0.05, 0) is 151 Å². The van der Waals surface area contributed by atoms with Crippen molar-refractivity contribution >= 4 is 122 Å². The fraction of sp³-hybridized carbons (Fsp3) is 0.391. The van der Waals surface area contributed by atoms with Gasteiger partial charge in [-0.15, -0.1) is 0 Å². The first kappa shape index (κ1) is 92.8. The minimum Gasteiger partial charge on any atom is -0.394 e. The molecule has 1 unspecified atom stereocenters. The van der Waals surface area contributed by atoms with Crippen LogP contribution in [0.25, 0.3) is 10.8 Å². The van der Waals surface area contributed by atoms with Gasteiger partial charge in [0.2, 0.25) is 76.8 Å². The van der Waals surface area contributed by atoms with Gasteiger partial charge >= 0.3 is 6.03 Å². The summed E-state index contributed by atoms with van der Waals surface area (Å²) in [4.78, 5) is 220. The van der Waals surface area contributed by atoms with Crippen molar-refractivity contribution < 1.29 is 77.0 Å². The van der Waals surface area contributed by atoms with Crippen molar-refractivity contribution in [2.45, 2.75) is 191 Å². The SMILES string of the molecule is CC(=O)N[C@H](Cc1ccc2ccccc2c1)C(=O)N[C@H](Cc1ccc(Cl)cc1)C(=O)N[C@H](Cc1cccnc1)C(=O)N[C@@H](CO)C(=O)N[C@@H](Cc1ccc(NC(=O)C2CC(=O)NC(=O)N2)cc1)C(=O)N[C@H](Cc1ccc(NC(=O)c2cccnc2)cc1)C(=O)N[C@@H](CC(C)C)C(=O)N[C@@H](CCCCNC(C)C)C(=O)N1CCC[C@H]1C(=O)N[C@H](C)C(N)=O. The number of hydrogen-bond acceptors (Lipinski definition) is 19. The van der Waals surface area contributed by atoms with E-state index in [2.05, 4.69) is 84.4 Å². The lowest BCUT2D eigenvalue weighted by Crippen LogP contribution is -2.62. The topological polar surface area (TPSA) is 500 Å². The van der Waals surface area contributed by atoms with Crippen LogP contribution in [0.1, 0.15) is 125 Å². The van der Waals surface area contributed by atoms with Gasteiger partial charge in [0.15, 0.2) is 0 Å². The number of likely N-dealkylation sites (tertiary alicyclic amines) is 1. The van der Waals surface area contributed by atoms with Crippen LogP contribution in [0.4, 0.5) is 16.2 Å². The lowest BCUT2D eigenvalue weighted by molar-refractivity contribution is -0.142. The number of aliphatic hydroxyl groups is 1. The molecule has 9 rings (SSSR count). The van der Waals surface area contributed by atoms with E-state index in [1.54, 1.807) is 86.6 Å². The third-order valence-electron chi connectivity index (χ3n) is 20.4. The van der Waals surface area contributed by atoms with E-state index in [1.807, 2.05) is 56.3 Å². The van der Waals surface area contributed by atoms with E-state index in [0.29, 0.717) is 58.8 Å². The van der Waals surface area contributed by atoms with Crippen LogP contribution >= 0.6 is 11.6 Å². The lowest BCUT2D eigenvalue weighted by Gasteiger charge is -2.31. The first-order valence-corrected chi connectivity index (χ1v) is 40.8. The molecule has 646 valence electrons. The molecule has 11 atom stereocenters. The highest BCUT2D eigenvalue weighted by Gasteiger charge is 2.41. The number of nitrogens with one attached hydrogen (secondary N) is 14. The van der Waals surface area contributed by atoms with Gasteiger partial charge in [-0.3, -0.25) is 82.4 Å². The van der Waals surface area contributed by atoms with Gasteiger partial charge < -0.3 is 84.9 Å². The Morgan fingerprint density at radius 2 is 1.02 bits per heavy atom. The Labute approximate surface area is 710 Å². The van der Waals surface area contributed by atoms with E-state index in [1.165, 1.54) is 67.8 Å². The van der Waals surface area contributed by atoms with Gasteiger partial charge in [-0.1, -0.05) is 124 Å². The zero-order chi connectivity index (χ0) is 88.1. The Morgan fingerprint density at radius 3 is 1.54 bits per heavy atom. The third kappa shape index (κ3) is 28.6. The molecule has 2 fully saturated rings. The molecule has 4 heterocycles. The molecule has 0 radical (unpaired) electrons. The predicted molar refractivity (Wildman–Crippen MR) is 453 cm³/mol. The van der Waals surface area contributed by atoms with Crippen LogP contribution in [-0.4, -0.2) is 201 Å². The Bertz CT molecular complexity index is 4860. The standard InChI is InChI=1S/C87H105ClN18O16/c1-49(2)38-65(78(113)97-64(18-9-10-36-92-50(3)4)86(121)106-37-13-19-73(106)85(120)93-51(5)75(89)110)98-80(115)68(41-54-23-30-62(31-24-54)95-76(111)60-17-12-35-91-47-60)100-82(117)69(42-55-25-32-63(33-26-55)96-77(112)71-45-74(109)105-87(122)104-71)102-84(119)72(48-107)103-83(118)70(44-57-14-11-34-90-46-57)101-81(116)67(40-53-21-28-61(88)29-22-53)99-79(114)66(94-52(6)108)43-56-20-27-58-15-7-8-16-59(58)39-56/h7-8,11-12,14-17,20-35,39,46-47,49-51,64-73,92,107H,9-10,13,18-19,36-38,40-45,48H2,1-6H3,(H2,89,110)(H,93,120)(H,94,108)(H,95,111)(H,96,112)(H,97,113)(H,98,115)(H,99,114)(H,100,117)(H,101,116)(H,102,119)(H,103,118)(H2,104,105,109,122)/t51-,64+,65+,66-,67-,68-,69+,70-,71?,72+,73+/m1/s1. The number of halogens is 1. The summed E-state index contributed by atoms with van der Waals surface area (Å²) in [6.45, 7) is 9.76. The number of amides is 16. The molecule has 0 saturated carbocycles. The monoisotopic (exact) mass is 1690 g/mol. The average Bonchev–Trinajstić information content (AvgIpc) is 1.56. The maximum absolute atomic E-state index is 15.6. The summed E-state index contributed by atoms with van der Waals surface area (Å²) in [6, 6.07) is 21.6. The second-order valence-electron chi connectivity index (χ2n) is 31.0. The van der Waals surface area contributed by atoms with Gasteiger partial charge in [0.05, 0.1) is 18.6 Å². The number of rotatable bonds is 42. The highest BCUT2D eigenvalue weighted by molar-refractivity contribution is 6.30. The number of primary amides is 1. The van der Waals surface area contributed by atoms with Crippen LogP contribution in [0.5, 0.6) is 0 Å². The maximum atomic E-state index is 15.6. The third-order valence-corrected chi connectivity index (χ3v) is 20.6. The molecule has 34 nitrogen and oxygen atoms in total. The van der Waals surface area contributed by atoms with Crippen molar-refractivity contribution in [2.75, 3.05) is 30.3 Å². The van der Waals surface area contributed by atoms with Gasteiger partial charge in [-0.2, -0.15) is 0 Å². The normalized spacial score (nSPS) is 15.9. The van der Waals surface area contributed by atoms with Crippen molar-refractivity contribution in [3.8, 4) is 0 Å². The molecule has 0 bridgehead atoms. The molecule has 35 heteroatoms. The molecule has 2 saturated heterocycles. The number of carbonyl (C=O) groups is 15. The van der Waals surface area contributed by atoms with Gasteiger partial charge in [0, 0.05) is 92.8 Å². The van der Waals surface area contributed by atoms with Crippen molar-refractivity contribution in [3.63, 3.8) is 0 Å². The van der Waals surface area contributed by atoms with E-state index in [9.17, 15) is 48.3 Å². The van der Waals surface area contributed by atoms with E-state index >= 15 is 28.8 Å². The summed E-state index contributed by atoms with van der Waals surface area (Å²) < 4.78 is 0. The first-order valence-electron chi connectivity index (χ1n) is 40.4. The molecule has 2 aliphatic rings.